The third kappa shape index (κ3) is 2.72. The highest BCUT2D eigenvalue weighted by molar-refractivity contribution is 6.42. The molecule has 1 unspecified atom stereocenters. The first-order chi connectivity index (χ1) is 8.65. The normalized spacial score (nSPS) is 12.7. The molecule has 0 spiro atoms. The van der Waals surface area contributed by atoms with Crippen molar-refractivity contribution in [3.8, 4) is 0 Å². The molecule has 0 fully saturated rings. The largest absolute Gasteiger partial charge is 0.464 e. The molecule has 1 heterocycles. The van der Waals surface area contributed by atoms with E-state index in [0.717, 1.165) is 23.5 Å². The number of furan rings is 1. The van der Waals surface area contributed by atoms with Crippen molar-refractivity contribution < 1.29 is 4.42 Å². The van der Waals surface area contributed by atoms with E-state index in [1.54, 1.807) is 6.07 Å². The van der Waals surface area contributed by atoms with Gasteiger partial charge in [-0.1, -0.05) is 36.2 Å². The van der Waals surface area contributed by atoms with Crippen LogP contribution in [0.4, 0.5) is 0 Å². The van der Waals surface area contributed by atoms with Crippen molar-refractivity contribution >= 4 is 23.2 Å². The molecule has 4 heteroatoms. The summed E-state index contributed by atoms with van der Waals surface area (Å²) in [5.74, 6) is 1.86. The number of aryl methyl sites for hydroxylation is 1. The van der Waals surface area contributed by atoms with E-state index >= 15 is 0 Å². The van der Waals surface area contributed by atoms with Crippen LogP contribution in [0.1, 0.15) is 30.0 Å². The minimum absolute atomic E-state index is 0.0138. The van der Waals surface area contributed by atoms with Crippen molar-refractivity contribution in [2.45, 2.75) is 19.4 Å². The molecule has 2 aromatic rings. The van der Waals surface area contributed by atoms with Crippen molar-refractivity contribution in [1.29, 1.82) is 0 Å². The van der Waals surface area contributed by atoms with Crippen LogP contribution in [-0.2, 0) is 6.42 Å². The maximum absolute atomic E-state index is 6.04. The van der Waals surface area contributed by atoms with E-state index in [2.05, 4.69) is 12.2 Å². The van der Waals surface area contributed by atoms with Gasteiger partial charge >= 0.3 is 0 Å². The van der Waals surface area contributed by atoms with Crippen LogP contribution in [-0.4, -0.2) is 7.05 Å². The van der Waals surface area contributed by atoms with Crippen molar-refractivity contribution in [1.82, 2.24) is 5.32 Å². The zero-order valence-corrected chi connectivity index (χ0v) is 11.8. The van der Waals surface area contributed by atoms with Crippen molar-refractivity contribution in [3.63, 3.8) is 0 Å². The Hall–Kier alpha value is -0.960. The molecule has 0 saturated carbocycles. The summed E-state index contributed by atoms with van der Waals surface area (Å²) in [7, 11) is 1.89. The molecule has 2 rings (SSSR count). The van der Waals surface area contributed by atoms with E-state index < -0.39 is 0 Å². The first-order valence-corrected chi connectivity index (χ1v) is 6.62. The van der Waals surface area contributed by atoms with E-state index in [1.165, 1.54) is 0 Å². The van der Waals surface area contributed by atoms with Crippen molar-refractivity contribution in [2.24, 2.45) is 0 Å². The molecular formula is C14H15Cl2NO. The summed E-state index contributed by atoms with van der Waals surface area (Å²) in [6.45, 7) is 2.07. The van der Waals surface area contributed by atoms with E-state index in [-0.39, 0.29) is 6.04 Å². The van der Waals surface area contributed by atoms with E-state index in [4.69, 9.17) is 27.6 Å². The van der Waals surface area contributed by atoms with E-state index in [0.29, 0.717) is 10.0 Å². The zero-order chi connectivity index (χ0) is 13.1. The highest BCUT2D eigenvalue weighted by atomic mass is 35.5. The second-order valence-corrected chi connectivity index (χ2v) is 4.87. The minimum atomic E-state index is -0.0138. The van der Waals surface area contributed by atoms with Gasteiger partial charge in [-0.15, -0.1) is 0 Å². The van der Waals surface area contributed by atoms with Gasteiger partial charge in [-0.2, -0.15) is 0 Å². The van der Waals surface area contributed by atoms with Crippen LogP contribution >= 0.6 is 23.2 Å². The Morgan fingerprint density at radius 1 is 1.17 bits per heavy atom. The quantitative estimate of drug-likeness (QED) is 0.896. The highest BCUT2D eigenvalue weighted by Gasteiger charge is 2.16. The second kappa shape index (κ2) is 5.79. The first-order valence-electron chi connectivity index (χ1n) is 5.86. The lowest BCUT2D eigenvalue weighted by molar-refractivity contribution is 0.434. The van der Waals surface area contributed by atoms with Crippen LogP contribution in [0.3, 0.4) is 0 Å². The summed E-state index contributed by atoms with van der Waals surface area (Å²) in [6, 6.07) is 9.58. The lowest BCUT2D eigenvalue weighted by Gasteiger charge is -2.14. The molecule has 18 heavy (non-hydrogen) atoms. The lowest BCUT2D eigenvalue weighted by atomic mass is 10.1. The fraction of sp³-hybridized carbons (Fsp3) is 0.286. The molecule has 0 bridgehead atoms. The van der Waals surface area contributed by atoms with Gasteiger partial charge in [0.25, 0.3) is 0 Å². The standard InChI is InChI=1S/C14H15Cl2NO/c1-3-10-5-7-13(18-10)14(17-2)9-4-6-11(15)12(16)8-9/h4-8,14,17H,3H2,1-2H3. The van der Waals surface area contributed by atoms with E-state index in [1.807, 2.05) is 31.3 Å². The molecule has 1 N–H and O–H groups in total. The SMILES string of the molecule is CCc1ccc(C(NC)c2ccc(Cl)c(Cl)c2)o1. The van der Waals surface area contributed by atoms with E-state index in [9.17, 15) is 0 Å². The molecule has 0 aliphatic rings. The number of hydrogen-bond donors (Lipinski definition) is 1. The summed E-state index contributed by atoms with van der Waals surface area (Å²) in [5.41, 5.74) is 1.03. The van der Waals surface area contributed by atoms with Crippen molar-refractivity contribution in [2.75, 3.05) is 7.05 Å². The minimum Gasteiger partial charge on any atom is -0.464 e. The predicted octanol–water partition coefficient (Wildman–Crippen LogP) is 4.46. The van der Waals surface area contributed by atoms with Gasteiger partial charge in [-0.25, -0.2) is 0 Å². The van der Waals surface area contributed by atoms with Gasteiger partial charge in [-0.05, 0) is 36.9 Å². The zero-order valence-electron chi connectivity index (χ0n) is 10.3. The Kier molecular flexibility index (Phi) is 4.33. The molecule has 2 nitrogen and oxygen atoms in total. The average molecular weight is 284 g/mol. The summed E-state index contributed by atoms with van der Waals surface area (Å²) in [4.78, 5) is 0. The Labute approximate surface area is 117 Å². The number of benzene rings is 1. The number of halogens is 2. The smallest absolute Gasteiger partial charge is 0.125 e. The maximum atomic E-state index is 6.04. The van der Waals surface area contributed by atoms with Crippen LogP contribution in [0.5, 0.6) is 0 Å². The topological polar surface area (TPSA) is 25.2 Å². The molecular weight excluding hydrogens is 269 g/mol. The summed E-state index contributed by atoms with van der Waals surface area (Å²) < 4.78 is 5.77. The molecule has 0 aliphatic heterocycles. The Balaban J connectivity index is 2.35. The maximum Gasteiger partial charge on any atom is 0.125 e. The molecule has 1 aromatic heterocycles. The predicted molar refractivity (Wildman–Crippen MR) is 75.5 cm³/mol. The van der Waals surface area contributed by atoms with Crippen LogP contribution in [0.15, 0.2) is 34.7 Å². The van der Waals surface area contributed by atoms with Gasteiger partial charge < -0.3 is 9.73 Å². The fourth-order valence-corrected chi connectivity index (χ4v) is 2.21. The van der Waals surface area contributed by atoms with Gasteiger partial charge in [0, 0.05) is 6.42 Å². The lowest BCUT2D eigenvalue weighted by Crippen LogP contribution is -2.16. The third-order valence-electron chi connectivity index (χ3n) is 2.88. The monoisotopic (exact) mass is 283 g/mol. The Bertz CT molecular complexity index is 536. The number of rotatable bonds is 4. The summed E-state index contributed by atoms with van der Waals surface area (Å²) in [5, 5.41) is 4.33. The highest BCUT2D eigenvalue weighted by Crippen LogP contribution is 2.29. The second-order valence-electron chi connectivity index (χ2n) is 4.05. The van der Waals surface area contributed by atoms with Gasteiger partial charge in [0.15, 0.2) is 0 Å². The van der Waals surface area contributed by atoms with Crippen LogP contribution in [0, 0.1) is 0 Å². The average Bonchev–Trinajstić information content (AvgIpc) is 2.83. The fourth-order valence-electron chi connectivity index (χ4n) is 1.90. The summed E-state index contributed by atoms with van der Waals surface area (Å²) in [6.07, 6.45) is 0.887. The summed E-state index contributed by atoms with van der Waals surface area (Å²) >= 11 is 12.0. The molecule has 1 atom stereocenters. The first kappa shape index (κ1) is 13.5. The molecule has 0 aliphatic carbocycles. The van der Waals surface area contributed by atoms with Gasteiger partial charge in [0.05, 0.1) is 16.1 Å². The van der Waals surface area contributed by atoms with Crippen LogP contribution in [0.2, 0.25) is 10.0 Å². The van der Waals surface area contributed by atoms with Gasteiger partial charge in [0.1, 0.15) is 11.5 Å². The molecule has 0 saturated heterocycles. The van der Waals surface area contributed by atoms with Crippen molar-refractivity contribution in [3.05, 3.63) is 57.5 Å². The number of nitrogens with one attached hydrogen (secondary N) is 1. The molecule has 0 amide bonds. The van der Waals surface area contributed by atoms with Gasteiger partial charge in [0.2, 0.25) is 0 Å². The Morgan fingerprint density at radius 2 is 1.94 bits per heavy atom. The molecule has 96 valence electrons. The molecule has 1 aromatic carbocycles. The Morgan fingerprint density at radius 3 is 2.50 bits per heavy atom. The van der Waals surface area contributed by atoms with Crippen LogP contribution < -0.4 is 5.32 Å². The third-order valence-corrected chi connectivity index (χ3v) is 3.62. The number of hydrogen-bond acceptors (Lipinski definition) is 2. The molecule has 0 radical (unpaired) electrons. The van der Waals surface area contributed by atoms with Crippen LogP contribution in [0.25, 0.3) is 0 Å². The van der Waals surface area contributed by atoms with Gasteiger partial charge in [-0.3, -0.25) is 0 Å².